The van der Waals surface area contributed by atoms with Gasteiger partial charge in [0, 0.05) is 16.8 Å². The lowest BCUT2D eigenvalue weighted by molar-refractivity contribution is 0.102. The fourth-order valence-electron chi connectivity index (χ4n) is 3.34. The van der Waals surface area contributed by atoms with Gasteiger partial charge in [0.1, 0.15) is 5.56 Å². The Hall–Kier alpha value is -3.10. The number of benzene rings is 2. The molecule has 0 spiro atoms. The molecule has 0 unspecified atom stereocenters. The van der Waals surface area contributed by atoms with Crippen LogP contribution in [0.2, 0.25) is 15.1 Å². The standard InChI is InChI=1S/C23H13Cl3N4O2S/c24-17-7-14(8-18(25)20(17)26)29-22(31)16-9-27-21-15(10-28-30(21)23(16)32)19-6-13(11-33-19)12-4-2-1-3-5-12/h1-11,32H,(H,29,31). The molecule has 5 aromatic rings. The Morgan fingerprint density at radius 1 is 1.00 bits per heavy atom. The van der Waals surface area contributed by atoms with Crippen molar-refractivity contribution >= 4 is 63.4 Å². The number of aromatic hydroxyl groups is 1. The van der Waals surface area contributed by atoms with E-state index in [4.69, 9.17) is 34.8 Å². The second-order valence-electron chi connectivity index (χ2n) is 7.06. The van der Waals surface area contributed by atoms with E-state index in [0.717, 1.165) is 21.6 Å². The van der Waals surface area contributed by atoms with E-state index in [1.165, 1.54) is 22.8 Å². The highest BCUT2D eigenvalue weighted by atomic mass is 35.5. The summed E-state index contributed by atoms with van der Waals surface area (Å²) >= 11 is 19.5. The molecule has 0 fully saturated rings. The van der Waals surface area contributed by atoms with Crippen molar-refractivity contribution < 1.29 is 9.90 Å². The maximum absolute atomic E-state index is 12.8. The molecular formula is C23H13Cl3N4O2S. The minimum absolute atomic E-state index is 0.0597. The van der Waals surface area contributed by atoms with E-state index in [1.807, 2.05) is 36.4 Å². The van der Waals surface area contributed by atoms with Gasteiger partial charge in [0.2, 0.25) is 5.88 Å². The highest BCUT2D eigenvalue weighted by molar-refractivity contribution is 7.14. The summed E-state index contributed by atoms with van der Waals surface area (Å²) in [6.07, 6.45) is 2.92. The minimum Gasteiger partial charge on any atom is -0.493 e. The Morgan fingerprint density at radius 2 is 1.73 bits per heavy atom. The quantitative estimate of drug-likeness (QED) is 0.252. The Balaban J connectivity index is 1.47. The number of thiophene rings is 1. The van der Waals surface area contributed by atoms with Crippen LogP contribution in [0.25, 0.3) is 27.2 Å². The maximum atomic E-state index is 12.8. The summed E-state index contributed by atoms with van der Waals surface area (Å²) in [5.41, 5.74) is 3.63. The van der Waals surface area contributed by atoms with Crippen molar-refractivity contribution in [1.82, 2.24) is 14.6 Å². The van der Waals surface area contributed by atoms with Gasteiger partial charge in [-0.25, -0.2) is 4.98 Å². The highest BCUT2D eigenvalue weighted by Crippen LogP contribution is 2.36. The van der Waals surface area contributed by atoms with Gasteiger partial charge in [-0.15, -0.1) is 11.3 Å². The number of anilines is 1. The van der Waals surface area contributed by atoms with E-state index in [1.54, 1.807) is 17.5 Å². The zero-order valence-electron chi connectivity index (χ0n) is 16.6. The van der Waals surface area contributed by atoms with Crippen molar-refractivity contribution in [3.8, 4) is 27.4 Å². The summed E-state index contributed by atoms with van der Waals surface area (Å²) < 4.78 is 1.23. The third kappa shape index (κ3) is 4.05. The fourth-order valence-corrected chi connectivity index (χ4v) is 4.86. The number of rotatable bonds is 4. The van der Waals surface area contributed by atoms with Crippen molar-refractivity contribution in [2.45, 2.75) is 0 Å². The van der Waals surface area contributed by atoms with E-state index < -0.39 is 5.91 Å². The van der Waals surface area contributed by atoms with Crippen molar-refractivity contribution in [3.63, 3.8) is 0 Å². The average molecular weight is 516 g/mol. The van der Waals surface area contributed by atoms with Crippen LogP contribution in [-0.4, -0.2) is 25.6 Å². The number of halogens is 3. The molecule has 1 amide bonds. The second kappa shape index (κ2) is 8.68. The first-order valence-electron chi connectivity index (χ1n) is 9.58. The third-order valence-electron chi connectivity index (χ3n) is 4.96. The number of nitrogens with one attached hydrogen (secondary N) is 1. The van der Waals surface area contributed by atoms with Gasteiger partial charge in [-0.05, 0) is 34.7 Å². The van der Waals surface area contributed by atoms with E-state index in [2.05, 4.69) is 20.8 Å². The number of hydrogen-bond donors (Lipinski definition) is 2. The van der Waals surface area contributed by atoms with E-state index >= 15 is 0 Å². The largest absolute Gasteiger partial charge is 0.493 e. The van der Waals surface area contributed by atoms with Crippen molar-refractivity contribution in [2.75, 3.05) is 5.32 Å². The first kappa shape index (κ1) is 21.7. The molecule has 0 radical (unpaired) electrons. The molecule has 164 valence electrons. The van der Waals surface area contributed by atoms with Gasteiger partial charge in [0.25, 0.3) is 5.91 Å². The highest BCUT2D eigenvalue weighted by Gasteiger charge is 2.20. The fraction of sp³-hybridized carbons (Fsp3) is 0. The zero-order chi connectivity index (χ0) is 23.1. The van der Waals surface area contributed by atoms with Crippen LogP contribution in [0.3, 0.4) is 0 Å². The predicted molar refractivity (Wildman–Crippen MR) is 133 cm³/mol. The van der Waals surface area contributed by atoms with Crippen LogP contribution in [0.4, 0.5) is 5.69 Å². The van der Waals surface area contributed by atoms with Crippen molar-refractivity contribution in [3.05, 3.63) is 86.9 Å². The molecule has 10 heteroatoms. The second-order valence-corrected chi connectivity index (χ2v) is 9.17. The van der Waals surface area contributed by atoms with Gasteiger partial charge in [-0.2, -0.15) is 9.61 Å². The normalized spacial score (nSPS) is 11.1. The summed E-state index contributed by atoms with van der Waals surface area (Å²) in [5.74, 6) is -0.939. The summed E-state index contributed by atoms with van der Waals surface area (Å²) in [6, 6.07) is 15.0. The van der Waals surface area contributed by atoms with E-state index in [-0.39, 0.29) is 26.5 Å². The molecule has 0 bridgehead atoms. The molecular weight excluding hydrogens is 503 g/mol. The van der Waals surface area contributed by atoms with Crippen LogP contribution in [0.5, 0.6) is 5.88 Å². The first-order valence-corrected chi connectivity index (χ1v) is 11.6. The number of carbonyl (C=O) groups excluding carboxylic acids is 1. The summed E-state index contributed by atoms with van der Waals surface area (Å²) in [6.45, 7) is 0. The number of amides is 1. The van der Waals surface area contributed by atoms with E-state index in [0.29, 0.717) is 11.3 Å². The molecule has 0 aliphatic heterocycles. The summed E-state index contributed by atoms with van der Waals surface area (Å²) in [5, 5.41) is 20.2. The summed E-state index contributed by atoms with van der Waals surface area (Å²) in [7, 11) is 0. The van der Waals surface area contributed by atoms with Crippen LogP contribution >= 0.6 is 46.1 Å². The van der Waals surface area contributed by atoms with Gasteiger partial charge in [0.05, 0.1) is 26.8 Å². The van der Waals surface area contributed by atoms with Gasteiger partial charge < -0.3 is 10.4 Å². The minimum atomic E-state index is -0.601. The van der Waals surface area contributed by atoms with Crippen LogP contribution < -0.4 is 5.32 Å². The number of carbonyl (C=O) groups is 1. The lowest BCUT2D eigenvalue weighted by Gasteiger charge is -2.09. The monoisotopic (exact) mass is 514 g/mol. The Bertz CT molecular complexity index is 1490. The van der Waals surface area contributed by atoms with E-state index in [9.17, 15) is 9.90 Å². The topological polar surface area (TPSA) is 79.5 Å². The molecule has 3 aromatic heterocycles. The van der Waals surface area contributed by atoms with Gasteiger partial charge in [-0.3, -0.25) is 4.79 Å². The van der Waals surface area contributed by atoms with Crippen molar-refractivity contribution in [2.24, 2.45) is 0 Å². The zero-order valence-corrected chi connectivity index (χ0v) is 19.7. The van der Waals surface area contributed by atoms with Gasteiger partial charge in [0.15, 0.2) is 5.65 Å². The first-order chi connectivity index (χ1) is 15.9. The van der Waals surface area contributed by atoms with Crippen LogP contribution in [0, 0.1) is 0 Å². The molecule has 33 heavy (non-hydrogen) atoms. The molecule has 0 aliphatic carbocycles. The molecule has 2 aromatic carbocycles. The lowest BCUT2D eigenvalue weighted by Crippen LogP contribution is -2.14. The average Bonchev–Trinajstić information content (AvgIpc) is 3.46. The molecule has 5 rings (SSSR count). The molecule has 0 aliphatic rings. The van der Waals surface area contributed by atoms with Crippen LogP contribution in [0.15, 0.2) is 66.3 Å². The number of aromatic nitrogens is 3. The molecule has 0 atom stereocenters. The number of hydrogen-bond acceptors (Lipinski definition) is 5. The van der Waals surface area contributed by atoms with Crippen molar-refractivity contribution in [1.29, 1.82) is 0 Å². The number of nitrogens with zero attached hydrogens (tertiary/aromatic N) is 3. The molecule has 0 saturated heterocycles. The van der Waals surface area contributed by atoms with Gasteiger partial charge in [-0.1, -0.05) is 65.1 Å². The molecule has 6 nitrogen and oxygen atoms in total. The third-order valence-corrected chi connectivity index (χ3v) is 7.12. The smallest absolute Gasteiger partial charge is 0.262 e. The predicted octanol–water partition coefficient (Wildman–Crippen LogP) is 7.04. The summed E-state index contributed by atoms with van der Waals surface area (Å²) in [4.78, 5) is 18.1. The van der Waals surface area contributed by atoms with Crippen LogP contribution in [0.1, 0.15) is 10.4 Å². The van der Waals surface area contributed by atoms with Crippen LogP contribution in [-0.2, 0) is 0 Å². The molecule has 3 heterocycles. The number of fused-ring (bicyclic) bond motifs is 1. The Morgan fingerprint density at radius 3 is 2.45 bits per heavy atom. The Kier molecular flexibility index (Phi) is 5.72. The lowest BCUT2D eigenvalue weighted by atomic mass is 10.1. The molecule has 2 N–H and O–H groups in total. The maximum Gasteiger partial charge on any atom is 0.262 e. The molecule has 0 saturated carbocycles. The SMILES string of the molecule is O=C(Nc1cc(Cl)c(Cl)c(Cl)c1)c1cnc2c(-c3cc(-c4ccccc4)cs3)cnn2c1O. The van der Waals surface area contributed by atoms with Gasteiger partial charge >= 0.3 is 0 Å². The Labute approximate surface area is 207 Å².